The maximum Gasteiger partial charge on any atom is 0.222 e. The lowest BCUT2D eigenvalue weighted by molar-refractivity contribution is -0.132. The van der Waals surface area contributed by atoms with Crippen LogP contribution < -0.4 is 5.32 Å². The van der Waals surface area contributed by atoms with E-state index in [1.165, 1.54) is 30.5 Å². The summed E-state index contributed by atoms with van der Waals surface area (Å²) in [5.41, 5.74) is 1.20. The minimum atomic E-state index is -0.173. The molecule has 1 aromatic rings. The van der Waals surface area contributed by atoms with Crippen LogP contribution in [-0.4, -0.2) is 37.0 Å². The Bertz CT molecular complexity index is 517. The van der Waals surface area contributed by atoms with E-state index in [2.05, 4.69) is 10.2 Å². The Morgan fingerprint density at radius 3 is 2.38 bits per heavy atom. The maximum atomic E-state index is 13.0. The third-order valence-corrected chi connectivity index (χ3v) is 5.63. The number of likely N-dealkylation sites (tertiary alicyclic amines) is 1. The lowest BCUT2D eigenvalue weighted by atomic mass is 9.89. The molecule has 2 heterocycles. The highest BCUT2D eigenvalue weighted by molar-refractivity contribution is 5.76. The molecule has 0 radical (unpaired) electrons. The number of hydrogen-bond acceptors (Lipinski definition) is 2. The molecule has 0 bridgehead atoms. The standard InChI is InChI=1S/C20H29FN2O/c21-19-4-1-17(2-5-19)15-18-9-13-23(14-10-18)20(24)6-3-16-7-11-22-12-8-16/h1-2,4-5,16,18,22H,3,6-15H2. The van der Waals surface area contributed by atoms with Gasteiger partial charge in [0.2, 0.25) is 5.91 Å². The molecule has 1 N–H and O–H groups in total. The summed E-state index contributed by atoms with van der Waals surface area (Å²) in [5, 5.41) is 3.38. The van der Waals surface area contributed by atoms with E-state index in [1.54, 1.807) is 0 Å². The van der Waals surface area contributed by atoms with Crippen molar-refractivity contribution in [3.05, 3.63) is 35.6 Å². The van der Waals surface area contributed by atoms with Crippen molar-refractivity contribution in [3.8, 4) is 0 Å². The fourth-order valence-electron chi connectivity index (χ4n) is 4.00. The second-order valence-electron chi connectivity index (χ2n) is 7.39. The molecule has 0 unspecified atom stereocenters. The molecular formula is C20H29FN2O. The zero-order chi connectivity index (χ0) is 16.8. The van der Waals surface area contributed by atoms with Crippen molar-refractivity contribution in [1.29, 1.82) is 0 Å². The molecule has 3 rings (SSSR count). The summed E-state index contributed by atoms with van der Waals surface area (Å²) >= 11 is 0. The molecule has 3 nitrogen and oxygen atoms in total. The number of carbonyl (C=O) groups excluding carboxylic acids is 1. The minimum absolute atomic E-state index is 0.173. The topological polar surface area (TPSA) is 32.3 Å². The number of nitrogens with zero attached hydrogens (tertiary/aromatic N) is 1. The van der Waals surface area contributed by atoms with E-state index in [0.29, 0.717) is 18.2 Å². The van der Waals surface area contributed by atoms with Crippen molar-refractivity contribution >= 4 is 5.91 Å². The summed E-state index contributed by atoms with van der Waals surface area (Å²) in [6.45, 7) is 3.98. The van der Waals surface area contributed by atoms with Gasteiger partial charge in [0.25, 0.3) is 0 Å². The van der Waals surface area contributed by atoms with Gasteiger partial charge in [0.15, 0.2) is 0 Å². The van der Waals surface area contributed by atoms with E-state index in [-0.39, 0.29) is 5.82 Å². The Morgan fingerprint density at radius 2 is 1.71 bits per heavy atom. The van der Waals surface area contributed by atoms with E-state index in [1.807, 2.05) is 12.1 Å². The first-order chi connectivity index (χ1) is 11.7. The summed E-state index contributed by atoms with van der Waals surface area (Å²) in [6.07, 6.45) is 7.33. The average molecular weight is 332 g/mol. The van der Waals surface area contributed by atoms with Crippen molar-refractivity contribution in [3.63, 3.8) is 0 Å². The molecule has 0 atom stereocenters. The van der Waals surface area contributed by atoms with Gasteiger partial charge < -0.3 is 10.2 Å². The van der Waals surface area contributed by atoms with E-state index in [4.69, 9.17) is 0 Å². The molecule has 0 spiro atoms. The zero-order valence-electron chi connectivity index (χ0n) is 14.5. The molecule has 0 aromatic heterocycles. The highest BCUT2D eigenvalue weighted by atomic mass is 19.1. The van der Waals surface area contributed by atoms with E-state index in [0.717, 1.165) is 57.8 Å². The highest BCUT2D eigenvalue weighted by Gasteiger charge is 2.23. The van der Waals surface area contributed by atoms with Crippen molar-refractivity contribution in [2.75, 3.05) is 26.2 Å². The molecule has 2 fully saturated rings. The Labute approximate surface area is 144 Å². The van der Waals surface area contributed by atoms with Crippen LogP contribution in [0.25, 0.3) is 0 Å². The third-order valence-electron chi connectivity index (χ3n) is 5.63. The second-order valence-corrected chi connectivity index (χ2v) is 7.39. The molecule has 132 valence electrons. The number of rotatable bonds is 5. The Morgan fingerprint density at radius 1 is 1.04 bits per heavy atom. The summed E-state index contributed by atoms with van der Waals surface area (Å²) in [6, 6.07) is 6.83. The fourth-order valence-corrected chi connectivity index (χ4v) is 4.00. The summed E-state index contributed by atoms with van der Waals surface area (Å²) in [5.74, 6) is 1.51. The van der Waals surface area contributed by atoms with Gasteiger partial charge in [-0.15, -0.1) is 0 Å². The van der Waals surface area contributed by atoms with E-state index < -0.39 is 0 Å². The van der Waals surface area contributed by atoms with E-state index >= 15 is 0 Å². The fraction of sp³-hybridized carbons (Fsp3) is 0.650. The van der Waals surface area contributed by atoms with Gasteiger partial charge in [0.05, 0.1) is 0 Å². The predicted molar refractivity (Wildman–Crippen MR) is 94.2 cm³/mol. The first-order valence-electron chi connectivity index (χ1n) is 9.43. The quantitative estimate of drug-likeness (QED) is 0.896. The maximum absolute atomic E-state index is 13.0. The molecule has 1 aromatic carbocycles. The van der Waals surface area contributed by atoms with Gasteiger partial charge in [0.1, 0.15) is 5.82 Å². The SMILES string of the molecule is O=C(CCC1CCNCC1)N1CCC(Cc2ccc(F)cc2)CC1. The van der Waals surface area contributed by atoms with Gasteiger partial charge >= 0.3 is 0 Å². The van der Waals surface area contributed by atoms with Crippen LogP contribution in [0.1, 0.15) is 44.1 Å². The van der Waals surface area contributed by atoms with Crippen molar-refractivity contribution in [1.82, 2.24) is 10.2 Å². The average Bonchev–Trinajstić information content (AvgIpc) is 2.63. The summed E-state index contributed by atoms with van der Waals surface area (Å²) in [7, 11) is 0. The van der Waals surface area contributed by atoms with Crippen molar-refractivity contribution in [2.45, 2.75) is 44.9 Å². The molecule has 24 heavy (non-hydrogen) atoms. The van der Waals surface area contributed by atoms with Gasteiger partial charge in [-0.05, 0) is 81.1 Å². The molecule has 0 saturated carbocycles. The van der Waals surface area contributed by atoms with Crippen molar-refractivity contribution in [2.24, 2.45) is 11.8 Å². The van der Waals surface area contributed by atoms with Crippen LogP contribution in [0.15, 0.2) is 24.3 Å². The number of nitrogens with one attached hydrogen (secondary N) is 1. The van der Waals surface area contributed by atoms with Crippen LogP contribution in [0.5, 0.6) is 0 Å². The molecule has 4 heteroatoms. The Kier molecular flexibility index (Phi) is 6.24. The van der Waals surface area contributed by atoms with Gasteiger partial charge in [0, 0.05) is 19.5 Å². The number of carbonyl (C=O) groups is 1. The third kappa shape index (κ3) is 5.04. The van der Waals surface area contributed by atoms with Gasteiger partial charge in [-0.25, -0.2) is 4.39 Å². The Hall–Kier alpha value is -1.42. The lowest BCUT2D eigenvalue weighted by Gasteiger charge is -2.32. The number of hydrogen-bond donors (Lipinski definition) is 1. The van der Waals surface area contributed by atoms with Crippen molar-refractivity contribution < 1.29 is 9.18 Å². The van der Waals surface area contributed by atoms with Crippen LogP contribution in [0.2, 0.25) is 0 Å². The van der Waals surface area contributed by atoms with Gasteiger partial charge in [-0.3, -0.25) is 4.79 Å². The van der Waals surface area contributed by atoms with E-state index in [9.17, 15) is 9.18 Å². The first-order valence-corrected chi connectivity index (χ1v) is 9.43. The monoisotopic (exact) mass is 332 g/mol. The summed E-state index contributed by atoms with van der Waals surface area (Å²) in [4.78, 5) is 14.5. The normalized spacial score (nSPS) is 20.3. The molecule has 2 saturated heterocycles. The molecular weight excluding hydrogens is 303 g/mol. The molecule has 2 aliphatic rings. The van der Waals surface area contributed by atoms with Crippen LogP contribution in [0, 0.1) is 17.7 Å². The minimum Gasteiger partial charge on any atom is -0.343 e. The largest absolute Gasteiger partial charge is 0.343 e. The number of piperidine rings is 2. The first kappa shape index (κ1) is 17.4. The number of benzene rings is 1. The van der Waals surface area contributed by atoms with Crippen LogP contribution in [0.4, 0.5) is 4.39 Å². The number of amides is 1. The highest BCUT2D eigenvalue weighted by Crippen LogP contribution is 2.24. The molecule has 2 aliphatic heterocycles. The summed E-state index contributed by atoms with van der Waals surface area (Å²) < 4.78 is 13.0. The zero-order valence-corrected chi connectivity index (χ0v) is 14.5. The smallest absolute Gasteiger partial charge is 0.222 e. The molecule has 0 aliphatic carbocycles. The lowest BCUT2D eigenvalue weighted by Crippen LogP contribution is -2.39. The van der Waals surface area contributed by atoms with Crippen LogP contribution >= 0.6 is 0 Å². The predicted octanol–water partition coefficient (Wildman–Crippen LogP) is 3.39. The number of halogens is 1. The Balaban J connectivity index is 1.37. The molecule has 1 amide bonds. The van der Waals surface area contributed by atoms with Crippen LogP contribution in [0.3, 0.4) is 0 Å². The second kappa shape index (κ2) is 8.61. The van der Waals surface area contributed by atoms with Crippen LogP contribution in [-0.2, 0) is 11.2 Å². The van der Waals surface area contributed by atoms with Gasteiger partial charge in [-0.1, -0.05) is 12.1 Å². The van der Waals surface area contributed by atoms with Gasteiger partial charge in [-0.2, -0.15) is 0 Å².